The van der Waals surface area contributed by atoms with Gasteiger partial charge in [-0.3, -0.25) is 9.59 Å². The Labute approximate surface area is 232 Å². The van der Waals surface area contributed by atoms with Gasteiger partial charge >= 0.3 is 5.97 Å². The molecule has 2 aliphatic rings. The number of methoxy groups -OCH3 is 4. The topological polar surface area (TPSA) is 98.8 Å². The van der Waals surface area contributed by atoms with E-state index in [0.717, 1.165) is 5.56 Å². The zero-order chi connectivity index (χ0) is 28.6. The molecule has 9 nitrogen and oxygen atoms in total. The summed E-state index contributed by atoms with van der Waals surface area (Å²) < 4.78 is 39.9. The second kappa shape index (κ2) is 10.8. The molecule has 9 heteroatoms. The number of hydrogen-bond donors (Lipinski definition) is 0. The quantitative estimate of drug-likeness (QED) is 0.204. The number of benzene rings is 3. The van der Waals surface area contributed by atoms with Gasteiger partial charge in [0.25, 0.3) is 0 Å². The second-order valence-corrected chi connectivity index (χ2v) is 9.52. The van der Waals surface area contributed by atoms with Crippen LogP contribution in [0.15, 0.2) is 48.2 Å². The highest BCUT2D eigenvalue weighted by atomic mass is 16.5. The van der Waals surface area contributed by atoms with Gasteiger partial charge in [-0.1, -0.05) is 12.1 Å². The Bertz CT molecular complexity index is 1520. The lowest BCUT2D eigenvalue weighted by Gasteiger charge is -2.28. The molecule has 0 unspecified atom stereocenters. The van der Waals surface area contributed by atoms with Crippen LogP contribution in [0.1, 0.15) is 53.2 Å². The van der Waals surface area contributed by atoms with Gasteiger partial charge in [0.1, 0.15) is 17.2 Å². The molecule has 5 rings (SSSR count). The molecule has 3 aromatic carbocycles. The van der Waals surface area contributed by atoms with Gasteiger partial charge in [-0.15, -0.1) is 0 Å². The van der Waals surface area contributed by atoms with Crippen molar-refractivity contribution in [2.24, 2.45) is 0 Å². The minimum Gasteiger partial charge on any atom is -0.496 e. The average Bonchev–Trinajstić information content (AvgIpc) is 3.26. The SMILES string of the molecule is COc1cc(OC)c(OC)cc1/C=C1\Oc2c(ccc3c2[C@H](c2cccc(OC)c2OC(C)C)CC(=O)O3)C1=O. The van der Waals surface area contributed by atoms with E-state index in [1.54, 1.807) is 43.5 Å². The van der Waals surface area contributed by atoms with Crippen LogP contribution in [0.4, 0.5) is 0 Å². The van der Waals surface area contributed by atoms with Gasteiger partial charge in [0.2, 0.25) is 5.78 Å². The maximum Gasteiger partial charge on any atom is 0.312 e. The number of Topliss-reactive ketones (excluding diaryl/α,β-unsaturated/α-hetero) is 1. The van der Waals surface area contributed by atoms with Gasteiger partial charge in [0.15, 0.2) is 28.8 Å². The predicted octanol–water partition coefficient (Wildman–Crippen LogP) is 5.57. The maximum absolute atomic E-state index is 13.5. The number of rotatable bonds is 8. The fraction of sp³-hybridized carbons (Fsp3) is 0.290. The minimum atomic E-state index is -0.502. The minimum absolute atomic E-state index is 0.0329. The highest BCUT2D eigenvalue weighted by molar-refractivity contribution is 6.15. The van der Waals surface area contributed by atoms with E-state index in [2.05, 4.69) is 0 Å². The van der Waals surface area contributed by atoms with Crippen LogP contribution in [-0.2, 0) is 4.79 Å². The number of ether oxygens (including phenoxy) is 7. The third kappa shape index (κ3) is 4.68. The summed E-state index contributed by atoms with van der Waals surface area (Å²) in [6.45, 7) is 3.83. The summed E-state index contributed by atoms with van der Waals surface area (Å²) in [4.78, 5) is 26.2. The Kier molecular flexibility index (Phi) is 7.30. The second-order valence-electron chi connectivity index (χ2n) is 9.52. The van der Waals surface area contributed by atoms with E-state index in [4.69, 9.17) is 33.2 Å². The summed E-state index contributed by atoms with van der Waals surface area (Å²) in [7, 11) is 6.14. The van der Waals surface area contributed by atoms with Crippen LogP contribution in [0, 0.1) is 0 Å². The molecule has 0 saturated carbocycles. The molecule has 0 aromatic heterocycles. The van der Waals surface area contributed by atoms with Gasteiger partial charge in [0, 0.05) is 28.7 Å². The number of para-hydroxylation sites is 1. The smallest absolute Gasteiger partial charge is 0.312 e. The highest BCUT2D eigenvalue weighted by Crippen LogP contribution is 2.52. The predicted molar refractivity (Wildman–Crippen MR) is 146 cm³/mol. The van der Waals surface area contributed by atoms with Crippen LogP contribution < -0.4 is 33.2 Å². The maximum atomic E-state index is 13.5. The van der Waals surface area contributed by atoms with Crippen LogP contribution in [0.2, 0.25) is 0 Å². The summed E-state index contributed by atoms with van der Waals surface area (Å²) >= 11 is 0. The number of carbonyl (C=O) groups excluding carboxylic acids is 2. The Morgan fingerprint density at radius 2 is 1.55 bits per heavy atom. The monoisotopic (exact) mass is 546 g/mol. The average molecular weight is 547 g/mol. The normalized spacial score (nSPS) is 16.7. The lowest BCUT2D eigenvalue weighted by Crippen LogP contribution is -2.22. The number of carbonyl (C=O) groups is 2. The van der Waals surface area contributed by atoms with Gasteiger partial charge in [-0.2, -0.15) is 0 Å². The Balaban J connectivity index is 1.64. The fourth-order valence-corrected chi connectivity index (χ4v) is 5.01. The molecule has 0 saturated heterocycles. The highest BCUT2D eigenvalue weighted by Gasteiger charge is 2.40. The first-order valence-electron chi connectivity index (χ1n) is 12.7. The van der Waals surface area contributed by atoms with Crippen molar-refractivity contribution in [2.45, 2.75) is 32.3 Å². The first-order chi connectivity index (χ1) is 19.3. The van der Waals surface area contributed by atoms with Crippen LogP contribution in [0.3, 0.4) is 0 Å². The first kappa shape index (κ1) is 26.9. The van der Waals surface area contributed by atoms with Crippen molar-refractivity contribution in [1.29, 1.82) is 0 Å². The van der Waals surface area contributed by atoms with Crippen molar-refractivity contribution in [3.05, 3.63) is 70.5 Å². The molecule has 2 aliphatic heterocycles. The Hall–Kier alpha value is -4.66. The molecule has 0 amide bonds. The Morgan fingerprint density at radius 3 is 2.23 bits per heavy atom. The molecule has 2 heterocycles. The van der Waals surface area contributed by atoms with Crippen molar-refractivity contribution in [1.82, 2.24) is 0 Å². The number of esters is 1. The molecule has 1 atom stereocenters. The summed E-state index contributed by atoms with van der Waals surface area (Å²) in [5.74, 6) is 2.04. The van der Waals surface area contributed by atoms with Crippen molar-refractivity contribution in [2.75, 3.05) is 28.4 Å². The standard InChI is InChI=1S/C31H30O9/c1-16(2)38-30-18(8-7-9-22(30)34-3)20-14-27(32)39-21-11-10-19-29(33)26(40-31(19)28(20)21)13-17-12-24(36-5)25(37-6)15-23(17)35-4/h7-13,15-16,20H,14H2,1-6H3/b26-13-/t20-/m0/s1. The van der Waals surface area contributed by atoms with E-state index in [0.29, 0.717) is 56.9 Å². The first-order valence-corrected chi connectivity index (χ1v) is 12.7. The summed E-state index contributed by atoms with van der Waals surface area (Å²) in [6.07, 6.45) is 1.49. The van der Waals surface area contributed by atoms with E-state index in [9.17, 15) is 9.59 Å². The van der Waals surface area contributed by atoms with Crippen LogP contribution in [-0.4, -0.2) is 46.3 Å². The number of hydrogen-bond acceptors (Lipinski definition) is 9. The number of ketones is 1. The molecule has 0 spiro atoms. The zero-order valence-corrected chi connectivity index (χ0v) is 23.2. The fourth-order valence-electron chi connectivity index (χ4n) is 5.01. The molecule has 0 fully saturated rings. The molecular weight excluding hydrogens is 516 g/mol. The van der Waals surface area contributed by atoms with E-state index in [-0.39, 0.29) is 24.1 Å². The van der Waals surface area contributed by atoms with E-state index >= 15 is 0 Å². The summed E-state index contributed by atoms with van der Waals surface area (Å²) in [5, 5.41) is 0. The van der Waals surface area contributed by atoms with Gasteiger partial charge in [-0.25, -0.2) is 0 Å². The molecule has 3 aromatic rings. The molecule has 0 radical (unpaired) electrons. The molecule has 40 heavy (non-hydrogen) atoms. The molecule has 0 bridgehead atoms. The third-order valence-corrected chi connectivity index (χ3v) is 6.76. The molecular formula is C31H30O9. The lowest BCUT2D eigenvalue weighted by molar-refractivity contribution is -0.135. The van der Waals surface area contributed by atoms with Gasteiger partial charge in [-0.05, 0) is 44.2 Å². The summed E-state index contributed by atoms with van der Waals surface area (Å²) in [6, 6.07) is 12.1. The van der Waals surface area contributed by atoms with Crippen LogP contribution in [0.25, 0.3) is 6.08 Å². The van der Waals surface area contributed by atoms with Crippen molar-refractivity contribution in [3.63, 3.8) is 0 Å². The third-order valence-electron chi connectivity index (χ3n) is 6.76. The lowest BCUT2D eigenvalue weighted by atomic mass is 9.84. The molecule has 0 N–H and O–H groups in total. The van der Waals surface area contributed by atoms with Gasteiger partial charge < -0.3 is 33.2 Å². The zero-order valence-electron chi connectivity index (χ0n) is 23.2. The van der Waals surface area contributed by atoms with Crippen LogP contribution >= 0.6 is 0 Å². The van der Waals surface area contributed by atoms with E-state index in [1.165, 1.54) is 21.3 Å². The van der Waals surface area contributed by atoms with Crippen LogP contribution in [0.5, 0.6) is 40.2 Å². The Morgan fingerprint density at radius 1 is 0.850 bits per heavy atom. The summed E-state index contributed by atoms with van der Waals surface area (Å²) in [5.41, 5.74) is 2.25. The number of allylic oxidation sites excluding steroid dienone is 1. The largest absolute Gasteiger partial charge is 0.496 e. The molecule has 208 valence electrons. The van der Waals surface area contributed by atoms with Crippen molar-refractivity contribution < 1.29 is 42.7 Å². The molecule has 0 aliphatic carbocycles. The van der Waals surface area contributed by atoms with Crippen molar-refractivity contribution >= 4 is 17.8 Å². The van der Waals surface area contributed by atoms with E-state index < -0.39 is 11.9 Å². The van der Waals surface area contributed by atoms with Crippen molar-refractivity contribution in [3.8, 4) is 40.2 Å². The van der Waals surface area contributed by atoms with E-state index in [1.807, 2.05) is 26.0 Å². The van der Waals surface area contributed by atoms with Gasteiger partial charge in [0.05, 0.1) is 46.5 Å². The number of fused-ring (bicyclic) bond motifs is 3.